The summed E-state index contributed by atoms with van der Waals surface area (Å²) in [6.45, 7) is 5.92. The maximum absolute atomic E-state index is 11.9. The van der Waals surface area contributed by atoms with E-state index >= 15 is 0 Å². The number of hydrogen-bond acceptors (Lipinski definition) is 2. The molecule has 1 atom stereocenters. The van der Waals surface area contributed by atoms with E-state index in [1.807, 2.05) is 45.0 Å². The Kier molecular flexibility index (Phi) is 4.54. The lowest BCUT2D eigenvalue weighted by Gasteiger charge is -2.24. The van der Waals surface area contributed by atoms with Crippen molar-refractivity contribution in [3.63, 3.8) is 0 Å². The van der Waals surface area contributed by atoms with Gasteiger partial charge in [-0.3, -0.25) is 4.79 Å². The minimum atomic E-state index is -0.541. The summed E-state index contributed by atoms with van der Waals surface area (Å²) in [4.78, 5) is 11.9. The third kappa shape index (κ3) is 3.72. The molecule has 0 aliphatic rings. The fourth-order valence-electron chi connectivity index (χ4n) is 1.32. The van der Waals surface area contributed by atoms with Gasteiger partial charge in [0.2, 0.25) is 5.91 Å². The van der Waals surface area contributed by atoms with E-state index in [2.05, 4.69) is 5.32 Å². The maximum atomic E-state index is 11.9. The molecule has 4 heteroatoms. The van der Waals surface area contributed by atoms with Crippen LogP contribution in [0.25, 0.3) is 0 Å². The largest absolute Gasteiger partial charge is 0.349 e. The van der Waals surface area contributed by atoms with Crippen molar-refractivity contribution in [3.8, 4) is 0 Å². The highest BCUT2D eigenvalue weighted by atomic mass is 35.5. The van der Waals surface area contributed by atoms with Gasteiger partial charge in [0.25, 0.3) is 0 Å². The summed E-state index contributed by atoms with van der Waals surface area (Å²) in [6, 6.07) is 7.39. The molecule has 3 N–H and O–H groups in total. The summed E-state index contributed by atoms with van der Waals surface area (Å²) < 4.78 is 0. The van der Waals surface area contributed by atoms with Crippen LogP contribution in [0.15, 0.2) is 24.3 Å². The van der Waals surface area contributed by atoms with Crippen LogP contribution in [0.2, 0.25) is 5.02 Å². The molecular formula is C13H19ClN2O. The van der Waals surface area contributed by atoms with Crippen LogP contribution in [0.4, 0.5) is 0 Å². The Hall–Kier alpha value is -1.06. The fraction of sp³-hybridized carbons (Fsp3) is 0.462. The van der Waals surface area contributed by atoms with Crippen molar-refractivity contribution in [2.24, 2.45) is 11.1 Å². The van der Waals surface area contributed by atoms with E-state index in [-0.39, 0.29) is 11.9 Å². The molecule has 1 aromatic carbocycles. The summed E-state index contributed by atoms with van der Waals surface area (Å²) in [7, 11) is 0. The van der Waals surface area contributed by atoms with Crippen molar-refractivity contribution >= 4 is 17.5 Å². The SMILES string of the molecule is C[C@H](NC(=O)C(C)(C)CN)c1ccc(Cl)cc1. The average Bonchev–Trinajstić information content (AvgIpc) is 2.29. The molecule has 0 bridgehead atoms. The number of halogens is 1. The van der Waals surface area contributed by atoms with E-state index in [4.69, 9.17) is 17.3 Å². The van der Waals surface area contributed by atoms with Crippen molar-refractivity contribution in [3.05, 3.63) is 34.9 Å². The van der Waals surface area contributed by atoms with E-state index < -0.39 is 5.41 Å². The third-order valence-electron chi connectivity index (χ3n) is 2.84. The van der Waals surface area contributed by atoms with Crippen LogP contribution < -0.4 is 11.1 Å². The molecule has 0 saturated carbocycles. The van der Waals surface area contributed by atoms with Crippen LogP contribution in [0.1, 0.15) is 32.4 Å². The van der Waals surface area contributed by atoms with Crippen LogP contribution in [0.5, 0.6) is 0 Å². The molecule has 0 fully saturated rings. The Labute approximate surface area is 107 Å². The highest BCUT2D eigenvalue weighted by Gasteiger charge is 2.26. The number of carbonyl (C=O) groups excluding carboxylic acids is 1. The molecule has 3 nitrogen and oxygen atoms in total. The van der Waals surface area contributed by atoms with Gasteiger partial charge in [-0.05, 0) is 38.5 Å². The molecule has 0 saturated heterocycles. The van der Waals surface area contributed by atoms with Crippen LogP contribution in [-0.2, 0) is 4.79 Å². The minimum Gasteiger partial charge on any atom is -0.349 e. The second-order valence-electron chi connectivity index (χ2n) is 4.83. The standard InChI is InChI=1S/C13H19ClN2O/c1-9(10-4-6-11(14)7-5-10)16-12(17)13(2,3)8-15/h4-7,9H,8,15H2,1-3H3,(H,16,17)/t9-/m0/s1. The molecular weight excluding hydrogens is 236 g/mol. The maximum Gasteiger partial charge on any atom is 0.227 e. The monoisotopic (exact) mass is 254 g/mol. The molecule has 0 heterocycles. The normalized spacial score (nSPS) is 13.2. The Balaban J connectivity index is 2.70. The average molecular weight is 255 g/mol. The number of carbonyl (C=O) groups is 1. The molecule has 1 amide bonds. The van der Waals surface area contributed by atoms with Crippen LogP contribution in [0, 0.1) is 5.41 Å². The number of nitrogens with two attached hydrogens (primary N) is 1. The topological polar surface area (TPSA) is 55.1 Å². The summed E-state index contributed by atoms with van der Waals surface area (Å²) in [5.74, 6) is -0.0394. The van der Waals surface area contributed by atoms with E-state index in [9.17, 15) is 4.79 Å². The number of benzene rings is 1. The fourth-order valence-corrected chi connectivity index (χ4v) is 1.45. The van der Waals surface area contributed by atoms with E-state index in [0.717, 1.165) is 5.56 Å². The highest BCUT2D eigenvalue weighted by molar-refractivity contribution is 6.30. The molecule has 0 unspecified atom stereocenters. The van der Waals surface area contributed by atoms with Gasteiger partial charge in [0.1, 0.15) is 0 Å². The van der Waals surface area contributed by atoms with Crippen molar-refractivity contribution in [2.45, 2.75) is 26.8 Å². The van der Waals surface area contributed by atoms with Gasteiger partial charge in [0, 0.05) is 11.6 Å². The Morgan fingerprint density at radius 1 is 1.41 bits per heavy atom. The zero-order valence-corrected chi connectivity index (χ0v) is 11.2. The van der Waals surface area contributed by atoms with Crippen molar-refractivity contribution in [2.75, 3.05) is 6.54 Å². The first-order valence-electron chi connectivity index (χ1n) is 5.63. The molecule has 17 heavy (non-hydrogen) atoms. The number of nitrogens with one attached hydrogen (secondary N) is 1. The third-order valence-corrected chi connectivity index (χ3v) is 3.09. The summed E-state index contributed by atoms with van der Waals surface area (Å²) >= 11 is 5.81. The van der Waals surface area contributed by atoms with Gasteiger partial charge in [-0.15, -0.1) is 0 Å². The lowest BCUT2D eigenvalue weighted by atomic mass is 9.92. The predicted molar refractivity (Wildman–Crippen MR) is 70.8 cm³/mol. The summed E-state index contributed by atoms with van der Waals surface area (Å²) in [5.41, 5.74) is 6.05. The highest BCUT2D eigenvalue weighted by Crippen LogP contribution is 2.19. The van der Waals surface area contributed by atoms with Gasteiger partial charge < -0.3 is 11.1 Å². The van der Waals surface area contributed by atoms with E-state index in [1.54, 1.807) is 0 Å². The Morgan fingerprint density at radius 3 is 2.41 bits per heavy atom. The van der Waals surface area contributed by atoms with E-state index in [0.29, 0.717) is 11.6 Å². The molecule has 0 aliphatic carbocycles. The van der Waals surface area contributed by atoms with E-state index in [1.165, 1.54) is 0 Å². The molecule has 94 valence electrons. The van der Waals surface area contributed by atoms with Gasteiger partial charge in [-0.25, -0.2) is 0 Å². The minimum absolute atomic E-state index is 0.0394. The second-order valence-corrected chi connectivity index (χ2v) is 5.27. The first kappa shape index (κ1) is 14.0. The van der Waals surface area contributed by atoms with Crippen molar-refractivity contribution in [1.82, 2.24) is 5.32 Å². The Morgan fingerprint density at radius 2 is 1.94 bits per heavy atom. The number of hydrogen-bond donors (Lipinski definition) is 2. The summed E-state index contributed by atoms with van der Waals surface area (Å²) in [6.07, 6.45) is 0. The molecule has 1 aromatic rings. The summed E-state index contributed by atoms with van der Waals surface area (Å²) in [5, 5.41) is 3.63. The van der Waals surface area contributed by atoms with Gasteiger partial charge in [-0.1, -0.05) is 23.7 Å². The van der Waals surface area contributed by atoms with Crippen LogP contribution in [-0.4, -0.2) is 12.5 Å². The van der Waals surface area contributed by atoms with Gasteiger partial charge in [0.05, 0.1) is 11.5 Å². The predicted octanol–water partition coefficient (Wildman–Crippen LogP) is 2.50. The van der Waals surface area contributed by atoms with Crippen molar-refractivity contribution in [1.29, 1.82) is 0 Å². The molecule has 0 aliphatic heterocycles. The smallest absolute Gasteiger partial charge is 0.227 e. The first-order valence-corrected chi connectivity index (χ1v) is 6.01. The van der Waals surface area contributed by atoms with Gasteiger partial charge in [0.15, 0.2) is 0 Å². The quantitative estimate of drug-likeness (QED) is 0.868. The first-order chi connectivity index (χ1) is 7.86. The number of rotatable bonds is 4. The zero-order valence-electron chi connectivity index (χ0n) is 10.5. The van der Waals surface area contributed by atoms with Crippen LogP contribution >= 0.6 is 11.6 Å². The second kappa shape index (κ2) is 5.52. The van der Waals surface area contributed by atoms with Gasteiger partial charge in [-0.2, -0.15) is 0 Å². The number of amides is 1. The molecule has 1 rings (SSSR count). The Bertz CT molecular complexity index is 387. The molecule has 0 spiro atoms. The van der Waals surface area contributed by atoms with Gasteiger partial charge >= 0.3 is 0 Å². The lowest BCUT2D eigenvalue weighted by Crippen LogP contribution is -2.42. The molecule has 0 aromatic heterocycles. The lowest BCUT2D eigenvalue weighted by molar-refractivity contribution is -0.129. The van der Waals surface area contributed by atoms with Crippen LogP contribution in [0.3, 0.4) is 0 Å². The van der Waals surface area contributed by atoms with Crippen molar-refractivity contribution < 1.29 is 4.79 Å². The zero-order chi connectivity index (χ0) is 13.1. The molecule has 0 radical (unpaired) electrons.